The van der Waals surface area contributed by atoms with Gasteiger partial charge < -0.3 is 19.3 Å². The maximum absolute atomic E-state index is 13.2. The van der Waals surface area contributed by atoms with E-state index in [4.69, 9.17) is 9.47 Å². The molecule has 0 spiro atoms. The number of benzene rings is 1. The zero-order valence-corrected chi connectivity index (χ0v) is 18.6. The predicted octanol–water partition coefficient (Wildman–Crippen LogP) is 3.64. The number of hydrogen-bond acceptors (Lipinski definition) is 4. The highest BCUT2D eigenvalue weighted by atomic mass is 19.4. The molecule has 0 aliphatic carbocycles. The van der Waals surface area contributed by atoms with Crippen molar-refractivity contribution in [1.29, 1.82) is 0 Å². The fourth-order valence-electron chi connectivity index (χ4n) is 4.54. The van der Waals surface area contributed by atoms with Crippen LogP contribution in [0.4, 0.5) is 18.0 Å². The first-order valence-corrected chi connectivity index (χ1v) is 11.2. The lowest BCUT2D eigenvalue weighted by molar-refractivity contribution is -0.137. The van der Waals surface area contributed by atoms with Gasteiger partial charge in [-0.1, -0.05) is 12.1 Å². The predicted molar refractivity (Wildman–Crippen MR) is 115 cm³/mol. The summed E-state index contributed by atoms with van der Waals surface area (Å²) in [5.41, 5.74) is 1.93. The van der Waals surface area contributed by atoms with Crippen molar-refractivity contribution in [1.82, 2.24) is 20.0 Å². The molecule has 2 amide bonds. The highest BCUT2D eigenvalue weighted by molar-refractivity contribution is 5.75. The Kier molecular flexibility index (Phi) is 7.23. The summed E-state index contributed by atoms with van der Waals surface area (Å²) in [6.07, 6.45) is -2.97. The Morgan fingerprint density at radius 3 is 2.52 bits per heavy atom. The van der Waals surface area contributed by atoms with E-state index in [1.807, 2.05) is 11.0 Å². The first-order valence-electron chi connectivity index (χ1n) is 11.2. The zero-order valence-electron chi connectivity index (χ0n) is 18.6. The van der Waals surface area contributed by atoms with E-state index < -0.39 is 11.7 Å². The number of amides is 2. The van der Waals surface area contributed by atoms with Crippen LogP contribution in [0.2, 0.25) is 0 Å². The van der Waals surface area contributed by atoms with Gasteiger partial charge in [-0.15, -0.1) is 0 Å². The Labute approximate surface area is 190 Å². The lowest BCUT2D eigenvalue weighted by Gasteiger charge is -2.40. The van der Waals surface area contributed by atoms with Crippen LogP contribution in [-0.2, 0) is 22.1 Å². The maximum Gasteiger partial charge on any atom is 0.416 e. The van der Waals surface area contributed by atoms with Gasteiger partial charge in [0.05, 0.1) is 31.1 Å². The summed E-state index contributed by atoms with van der Waals surface area (Å²) in [6.45, 7) is 3.63. The van der Waals surface area contributed by atoms with Crippen molar-refractivity contribution in [2.75, 3.05) is 53.1 Å². The minimum absolute atomic E-state index is 0.0245. The van der Waals surface area contributed by atoms with Gasteiger partial charge in [-0.25, -0.2) is 4.79 Å². The number of hydrogen-bond donors (Lipinski definition) is 1. The minimum Gasteiger partial charge on any atom is -0.384 e. The number of alkyl halides is 3. The number of aromatic nitrogens is 2. The van der Waals surface area contributed by atoms with Gasteiger partial charge >= 0.3 is 12.2 Å². The number of carbonyl (C=O) groups excluding carboxylic acids is 1. The normalized spacial score (nSPS) is 21.9. The number of aromatic amines is 1. The lowest BCUT2D eigenvalue weighted by atomic mass is 9.82. The number of rotatable bonds is 5. The molecule has 2 atom stereocenters. The van der Waals surface area contributed by atoms with Crippen molar-refractivity contribution in [3.8, 4) is 0 Å². The summed E-state index contributed by atoms with van der Waals surface area (Å²) in [4.78, 5) is 16.8. The standard InChI is InChI=1S/C23H29F3N4O3/c1-32-9-6-20-13-21(28-27-20)18-12-17(16-2-4-19(5-3-16)23(24,25)26)14-30(15-18)22(31)29-7-10-33-11-8-29/h2-5,13,17-18H,6-12,14-15H2,1H3,(H,27,28). The fourth-order valence-corrected chi connectivity index (χ4v) is 4.54. The first-order chi connectivity index (χ1) is 15.8. The average molecular weight is 467 g/mol. The van der Waals surface area contributed by atoms with Crippen molar-refractivity contribution in [2.24, 2.45) is 0 Å². The molecular weight excluding hydrogens is 437 g/mol. The van der Waals surface area contributed by atoms with Gasteiger partial charge in [-0.3, -0.25) is 5.10 Å². The SMILES string of the molecule is COCCc1cc(C2CC(c3ccc(C(F)(F)F)cc3)CN(C(=O)N3CCOCC3)C2)n[nH]1. The van der Waals surface area contributed by atoms with E-state index in [2.05, 4.69) is 10.2 Å². The molecule has 2 aliphatic heterocycles. The fraction of sp³-hybridized carbons (Fsp3) is 0.565. The van der Waals surface area contributed by atoms with E-state index in [0.29, 0.717) is 58.8 Å². The van der Waals surface area contributed by atoms with Crippen molar-refractivity contribution >= 4 is 6.03 Å². The van der Waals surface area contributed by atoms with E-state index in [9.17, 15) is 18.0 Å². The van der Waals surface area contributed by atoms with Crippen molar-refractivity contribution in [3.05, 3.63) is 52.8 Å². The molecule has 2 unspecified atom stereocenters. The van der Waals surface area contributed by atoms with Gasteiger partial charge in [0, 0.05) is 57.2 Å². The second-order valence-electron chi connectivity index (χ2n) is 8.60. The Bertz CT molecular complexity index is 926. The number of ether oxygens (including phenoxy) is 2. The average Bonchev–Trinajstić information content (AvgIpc) is 3.31. The molecule has 2 aromatic rings. The second-order valence-corrected chi connectivity index (χ2v) is 8.60. The smallest absolute Gasteiger partial charge is 0.384 e. The molecule has 180 valence electrons. The van der Waals surface area contributed by atoms with Gasteiger partial charge in [0.25, 0.3) is 0 Å². The summed E-state index contributed by atoms with van der Waals surface area (Å²) < 4.78 is 49.6. The summed E-state index contributed by atoms with van der Waals surface area (Å²) in [6, 6.07) is 7.23. The molecule has 1 aromatic heterocycles. The molecule has 0 bridgehead atoms. The highest BCUT2D eigenvalue weighted by Crippen LogP contribution is 2.37. The van der Waals surface area contributed by atoms with Gasteiger partial charge in [0.1, 0.15) is 0 Å². The van der Waals surface area contributed by atoms with Gasteiger partial charge in [0.2, 0.25) is 0 Å². The highest BCUT2D eigenvalue weighted by Gasteiger charge is 2.36. The molecule has 2 fully saturated rings. The zero-order chi connectivity index (χ0) is 23.4. The number of methoxy groups -OCH3 is 1. The summed E-state index contributed by atoms with van der Waals surface area (Å²) in [7, 11) is 1.64. The van der Waals surface area contributed by atoms with Crippen LogP contribution in [0.25, 0.3) is 0 Å². The van der Waals surface area contributed by atoms with E-state index in [0.717, 1.165) is 29.1 Å². The lowest BCUT2D eigenvalue weighted by Crippen LogP contribution is -2.52. The minimum atomic E-state index is -4.38. The third kappa shape index (κ3) is 5.67. The van der Waals surface area contributed by atoms with Crippen LogP contribution in [0.15, 0.2) is 30.3 Å². The van der Waals surface area contributed by atoms with Crippen LogP contribution in [0, 0.1) is 0 Å². The number of H-pyrrole nitrogens is 1. The van der Waals surface area contributed by atoms with E-state index >= 15 is 0 Å². The Morgan fingerprint density at radius 2 is 1.85 bits per heavy atom. The molecule has 1 aromatic carbocycles. The topological polar surface area (TPSA) is 70.7 Å². The quantitative estimate of drug-likeness (QED) is 0.731. The Hall–Kier alpha value is -2.59. The third-order valence-electron chi connectivity index (χ3n) is 6.36. The van der Waals surface area contributed by atoms with Crippen LogP contribution in [0.3, 0.4) is 0 Å². The molecule has 0 radical (unpaired) electrons. The number of likely N-dealkylation sites (tertiary alicyclic amines) is 1. The number of carbonyl (C=O) groups is 1. The molecule has 7 nitrogen and oxygen atoms in total. The molecule has 2 aliphatic rings. The number of nitrogens with zero attached hydrogens (tertiary/aromatic N) is 3. The van der Waals surface area contributed by atoms with Crippen molar-refractivity contribution < 1.29 is 27.4 Å². The van der Waals surface area contributed by atoms with Gasteiger partial charge in [-0.2, -0.15) is 18.3 Å². The Morgan fingerprint density at radius 1 is 1.15 bits per heavy atom. The first kappa shape index (κ1) is 23.6. The van der Waals surface area contributed by atoms with Crippen LogP contribution in [-0.4, -0.2) is 79.1 Å². The van der Waals surface area contributed by atoms with E-state index in [1.54, 1.807) is 12.0 Å². The summed E-state index contributed by atoms with van der Waals surface area (Å²) >= 11 is 0. The molecular formula is C23H29F3N4O3. The van der Waals surface area contributed by atoms with Crippen LogP contribution in [0.5, 0.6) is 0 Å². The monoisotopic (exact) mass is 466 g/mol. The van der Waals surface area contributed by atoms with Crippen molar-refractivity contribution in [2.45, 2.75) is 30.9 Å². The molecule has 0 saturated carbocycles. The van der Waals surface area contributed by atoms with Gasteiger partial charge in [-0.05, 0) is 30.2 Å². The Balaban J connectivity index is 1.56. The number of urea groups is 1. The molecule has 4 rings (SSSR count). The molecule has 1 N–H and O–H groups in total. The van der Waals surface area contributed by atoms with E-state index in [-0.39, 0.29) is 17.9 Å². The largest absolute Gasteiger partial charge is 0.416 e. The molecule has 2 saturated heterocycles. The molecule has 10 heteroatoms. The second kappa shape index (κ2) is 10.1. The van der Waals surface area contributed by atoms with Gasteiger partial charge in [0.15, 0.2) is 0 Å². The summed E-state index contributed by atoms with van der Waals surface area (Å²) in [5.74, 6) is -0.112. The summed E-state index contributed by atoms with van der Waals surface area (Å²) in [5, 5.41) is 7.51. The van der Waals surface area contributed by atoms with Crippen LogP contribution < -0.4 is 0 Å². The molecule has 33 heavy (non-hydrogen) atoms. The molecule has 3 heterocycles. The third-order valence-corrected chi connectivity index (χ3v) is 6.36. The number of halogens is 3. The van der Waals surface area contributed by atoms with Crippen LogP contribution in [0.1, 0.15) is 40.8 Å². The van der Waals surface area contributed by atoms with Crippen molar-refractivity contribution in [3.63, 3.8) is 0 Å². The maximum atomic E-state index is 13.2. The van der Waals surface area contributed by atoms with E-state index in [1.165, 1.54) is 12.1 Å². The number of nitrogens with one attached hydrogen (secondary N) is 1. The van der Waals surface area contributed by atoms with Crippen LogP contribution >= 0.6 is 0 Å². The number of piperidine rings is 1. The number of morpholine rings is 1.